The van der Waals surface area contributed by atoms with Crippen LogP contribution in [0.4, 0.5) is 5.69 Å². The fourth-order valence-electron chi connectivity index (χ4n) is 2.61. The topological polar surface area (TPSA) is 36.4 Å². The maximum absolute atomic E-state index is 12.2. The molecule has 1 fully saturated rings. The normalized spacial score (nSPS) is 15.2. The molecule has 0 aliphatic carbocycles. The van der Waals surface area contributed by atoms with Crippen molar-refractivity contribution < 1.29 is 4.79 Å². The second-order valence-electron chi connectivity index (χ2n) is 5.41. The fourth-order valence-corrected chi connectivity index (χ4v) is 2.79. The molecule has 4 nitrogen and oxygen atoms in total. The lowest BCUT2D eigenvalue weighted by Crippen LogP contribution is -2.48. The van der Waals surface area contributed by atoms with E-state index < -0.39 is 0 Å². The van der Waals surface area contributed by atoms with Gasteiger partial charge in [-0.05, 0) is 35.9 Å². The summed E-state index contributed by atoms with van der Waals surface area (Å²) in [7, 11) is 0. The van der Waals surface area contributed by atoms with Crippen LogP contribution in [0.1, 0.15) is 5.56 Å². The Morgan fingerprint density at radius 1 is 1.13 bits per heavy atom. The van der Waals surface area contributed by atoms with Crippen LogP contribution in [0.3, 0.4) is 0 Å². The zero-order valence-electron chi connectivity index (χ0n) is 12.7. The first kappa shape index (κ1) is 15.6. The third kappa shape index (κ3) is 4.11. The van der Waals surface area contributed by atoms with Gasteiger partial charge in [0.2, 0.25) is 5.91 Å². The van der Waals surface area contributed by atoms with Gasteiger partial charge in [0.25, 0.3) is 0 Å². The maximum Gasteiger partial charge on any atom is 0.246 e. The molecule has 2 heterocycles. The van der Waals surface area contributed by atoms with Gasteiger partial charge in [0, 0.05) is 55.4 Å². The number of aromatic nitrogens is 1. The summed E-state index contributed by atoms with van der Waals surface area (Å²) in [6, 6.07) is 11.6. The number of pyridine rings is 1. The lowest BCUT2D eigenvalue weighted by molar-refractivity contribution is -0.126. The number of carbonyl (C=O) groups excluding carboxylic acids is 1. The van der Waals surface area contributed by atoms with E-state index >= 15 is 0 Å². The molecule has 5 heteroatoms. The number of nitrogens with zero attached hydrogens (tertiary/aromatic N) is 3. The second kappa shape index (κ2) is 7.29. The van der Waals surface area contributed by atoms with Crippen LogP contribution >= 0.6 is 11.6 Å². The summed E-state index contributed by atoms with van der Waals surface area (Å²) in [6.07, 6.45) is 6.87. The highest BCUT2D eigenvalue weighted by molar-refractivity contribution is 6.30. The van der Waals surface area contributed by atoms with Crippen LogP contribution in [0.25, 0.3) is 6.08 Å². The molecular formula is C18H18ClN3O. The lowest BCUT2D eigenvalue weighted by Gasteiger charge is -2.35. The minimum Gasteiger partial charge on any atom is -0.368 e. The zero-order chi connectivity index (χ0) is 16.1. The Hall–Kier alpha value is -2.33. The molecule has 23 heavy (non-hydrogen) atoms. The number of carbonyl (C=O) groups is 1. The van der Waals surface area contributed by atoms with Crippen molar-refractivity contribution in [2.45, 2.75) is 0 Å². The predicted molar refractivity (Wildman–Crippen MR) is 93.5 cm³/mol. The molecule has 0 atom stereocenters. The van der Waals surface area contributed by atoms with Gasteiger partial charge in [-0.25, -0.2) is 0 Å². The van der Waals surface area contributed by atoms with Gasteiger partial charge in [0.1, 0.15) is 0 Å². The van der Waals surface area contributed by atoms with Crippen LogP contribution < -0.4 is 4.90 Å². The monoisotopic (exact) mass is 327 g/mol. The third-order valence-corrected chi connectivity index (χ3v) is 4.10. The summed E-state index contributed by atoms with van der Waals surface area (Å²) < 4.78 is 0. The molecule has 0 radical (unpaired) electrons. The first-order valence-electron chi connectivity index (χ1n) is 7.60. The largest absolute Gasteiger partial charge is 0.368 e. The Morgan fingerprint density at radius 3 is 2.65 bits per heavy atom. The van der Waals surface area contributed by atoms with Crippen LogP contribution in [0, 0.1) is 0 Å². The van der Waals surface area contributed by atoms with Crippen LogP contribution in [-0.2, 0) is 4.79 Å². The Labute approximate surface area is 141 Å². The highest BCUT2D eigenvalue weighted by Crippen LogP contribution is 2.20. The summed E-state index contributed by atoms with van der Waals surface area (Å²) in [5.41, 5.74) is 2.04. The van der Waals surface area contributed by atoms with Gasteiger partial charge >= 0.3 is 0 Å². The van der Waals surface area contributed by atoms with E-state index in [-0.39, 0.29) is 5.91 Å². The molecule has 0 bridgehead atoms. The molecule has 1 saturated heterocycles. The minimum atomic E-state index is 0.0413. The summed E-state index contributed by atoms with van der Waals surface area (Å²) in [4.78, 5) is 20.4. The standard InChI is InChI=1S/C18H18ClN3O/c19-16-4-1-5-17(13-16)21-9-11-22(12-10-21)18(23)7-6-15-3-2-8-20-14-15/h1-8,13-14H,9-12H2/b7-6+. The van der Waals surface area contributed by atoms with Gasteiger partial charge in [0.15, 0.2) is 0 Å². The van der Waals surface area contributed by atoms with Crippen molar-refractivity contribution in [3.8, 4) is 0 Å². The van der Waals surface area contributed by atoms with E-state index in [1.807, 2.05) is 41.3 Å². The van der Waals surface area contributed by atoms with E-state index in [2.05, 4.69) is 9.88 Å². The molecule has 0 saturated carbocycles. The summed E-state index contributed by atoms with van der Waals surface area (Å²) in [5.74, 6) is 0.0413. The van der Waals surface area contributed by atoms with Gasteiger partial charge in [-0.3, -0.25) is 9.78 Å². The molecule has 1 aliphatic rings. The average molecular weight is 328 g/mol. The van der Waals surface area contributed by atoms with Crippen molar-refractivity contribution in [3.05, 3.63) is 65.5 Å². The van der Waals surface area contributed by atoms with Crippen molar-refractivity contribution in [1.29, 1.82) is 0 Å². The van der Waals surface area contributed by atoms with E-state index in [1.165, 1.54) is 0 Å². The second-order valence-corrected chi connectivity index (χ2v) is 5.85. The van der Waals surface area contributed by atoms with Crippen molar-refractivity contribution >= 4 is 29.3 Å². The summed E-state index contributed by atoms with van der Waals surface area (Å²) in [6.45, 7) is 3.05. The molecular weight excluding hydrogens is 310 g/mol. The number of benzene rings is 1. The van der Waals surface area contributed by atoms with E-state index in [1.54, 1.807) is 24.5 Å². The Kier molecular flexibility index (Phi) is 4.93. The average Bonchev–Trinajstić information content (AvgIpc) is 2.61. The van der Waals surface area contributed by atoms with Crippen molar-refractivity contribution in [2.24, 2.45) is 0 Å². The SMILES string of the molecule is O=C(/C=C/c1cccnc1)N1CCN(c2cccc(Cl)c2)CC1. The van der Waals surface area contributed by atoms with E-state index in [0.717, 1.165) is 29.4 Å². The number of rotatable bonds is 3. The first-order chi connectivity index (χ1) is 11.2. The smallest absolute Gasteiger partial charge is 0.246 e. The van der Waals surface area contributed by atoms with Gasteiger partial charge in [-0.15, -0.1) is 0 Å². The molecule has 1 aromatic carbocycles. The Bertz CT molecular complexity index is 694. The summed E-state index contributed by atoms with van der Waals surface area (Å²) in [5, 5.41) is 0.736. The minimum absolute atomic E-state index is 0.0413. The highest BCUT2D eigenvalue weighted by Gasteiger charge is 2.19. The van der Waals surface area contributed by atoms with Crippen LogP contribution in [0.2, 0.25) is 5.02 Å². The third-order valence-electron chi connectivity index (χ3n) is 3.87. The molecule has 2 aromatic rings. The highest BCUT2D eigenvalue weighted by atomic mass is 35.5. The molecule has 1 amide bonds. The molecule has 118 valence electrons. The van der Waals surface area contributed by atoms with Crippen molar-refractivity contribution in [2.75, 3.05) is 31.1 Å². The predicted octanol–water partition coefficient (Wildman–Crippen LogP) is 3.10. The number of amides is 1. The maximum atomic E-state index is 12.2. The molecule has 0 unspecified atom stereocenters. The van der Waals surface area contributed by atoms with E-state index in [4.69, 9.17) is 11.6 Å². The van der Waals surface area contributed by atoms with Crippen molar-refractivity contribution in [1.82, 2.24) is 9.88 Å². The Balaban J connectivity index is 1.56. The van der Waals surface area contributed by atoms with Crippen LogP contribution in [-0.4, -0.2) is 42.0 Å². The van der Waals surface area contributed by atoms with Gasteiger partial charge in [-0.2, -0.15) is 0 Å². The van der Waals surface area contributed by atoms with Gasteiger partial charge in [-0.1, -0.05) is 23.7 Å². The molecule has 1 aromatic heterocycles. The fraction of sp³-hybridized carbons (Fsp3) is 0.222. The number of piperazine rings is 1. The van der Waals surface area contributed by atoms with Crippen LogP contribution in [0.5, 0.6) is 0 Å². The molecule has 3 rings (SSSR count). The number of halogens is 1. The van der Waals surface area contributed by atoms with Crippen molar-refractivity contribution in [3.63, 3.8) is 0 Å². The molecule has 1 aliphatic heterocycles. The van der Waals surface area contributed by atoms with Gasteiger partial charge in [0.05, 0.1) is 0 Å². The zero-order valence-corrected chi connectivity index (χ0v) is 13.5. The van der Waals surface area contributed by atoms with E-state index in [0.29, 0.717) is 13.1 Å². The number of anilines is 1. The summed E-state index contributed by atoms with van der Waals surface area (Å²) >= 11 is 6.04. The quantitative estimate of drug-likeness (QED) is 0.813. The lowest BCUT2D eigenvalue weighted by atomic mass is 10.2. The molecule has 0 N–H and O–H groups in total. The number of hydrogen-bond acceptors (Lipinski definition) is 3. The molecule has 0 spiro atoms. The Morgan fingerprint density at radius 2 is 1.96 bits per heavy atom. The number of hydrogen-bond donors (Lipinski definition) is 0. The van der Waals surface area contributed by atoms with E-state index in [9.17, 15) is 4.79 Å². The first-order valence-corrected chi connectivity index (χ1v) is 7.98. The van der Waals surface area contributed by atoms with Gasteiger partial charge < -0.3 is 9.80 Å². The van der Waals surface area contributed by atoms with Crippen LogP contribution in [0.15, 0.2) is 54.9 Å².